The summed E-state index contributed by atoms with van der Waals surface area (Å²) in [4.78, 5) is 1.48. The first-order chi connectivity index (χ1) is 10.1. The second-order valence-electron chi connectivity index (χ2n) is 4.43. The van der Waals surface area contributed by atoms with Crippen LogP contribution in [-0.2, 0) is 10.0 Å². The van der Waals surface area contributed by atoms with Crippen LogP contribution in [0.3, 0.4) is 0 Å². The van der Waals surface area contributed by atoms with E-state index in [0.717, 1.165) is 5.56 Å². The third-order valence-electron chi connectivity index (χ3n) is 2.71. The third kappa shape index (κ3) is 5.39. The van der Waals surface area contributed by atoms with Crippen molar-refractivity contribution in [2.45, 2.75) is 16.7 Å². The molecule has 0 saturated heterocycles. The van der Waals surface area contributed by atoms with E-state index in [4.69, 9.17) is 0 Å². The van der Waals surface area contributed by atoms with Gasteiger partial charge in [0.2, 0.25) is 10.0 Å². The zero-order chi connectivity index (χ0) is 15.1. The minimum Gasteiger partial charge on any atom is -0.210 e. The van der Waals surface area contributed by atoms with Crippen LogP contribution in [0.4, 0.5) is 0 Å². The van der Waals surface area contributed by atoms with E-state index >= 15 is 0 Å². The van der Waals surface area contributed by atoms with Gasteiger partial charge in [-0.15, -0.1) is 0 Å². The van der Waals surface area contributed by atoms with Gasteiger partial charge < -0.3 is 0 Å². The Morgan fingerprint density at radius 3 is 2.33 bits per heavy atom. The summed E-state index contributed by atoms with van der Waals surface area (Å²) < 4.78 is 26.7. The lowest BCUT2D eigenvalue weighted by molar-refractivity contribution is 0.584. The maximum Gasteiger partial charge on any atom is 0.240 e. The van der Waals surface area contributed by atoms with Crippen molar-refractivity contribution in [1.82, 2.24) is 4.72 Å². The molecular formula is C15H17NO2S3. The molecule has 0 aliphatic heterocycles. The minimum absolute atomic E-state index is 0.314. The lowest BCUT2D eigenvalue weighted by atomic mass is 10.2. The Kier molecular flexibility index (Phi) is 6.17. The van der Waals surface area contributed by atoms with E-state index in [1.165, 1.54) is 4.90 Å². The molecule has 0 unspecified atom stereocenters. The van der Waals surface area contributed by atoms with Gasteiger partial charge in [0.05, 0.1) is 4.90 Å². The lowest BCUT2D eigenvalue weighted by Crippen LogP contribution is -2.25. The Morgan fingerprint density at radius 1 is 1.00 bits per heavy atom. The fourth-order valence-electron chi connectivity index (χ4n) is 1.60. The van der Waals surface area contributed by atoms with Crippen LogP contribution < -0.4 is 4.72 Å². The topological polar surface area (TPSA) is 46.2 Å². The Hall–Kier alpha value is -0.950. The van der Waals surface area contributed by atoms with Crippen molar-refractivity contribution in [2.75, 3.05) is 12.3 Å². The van der Waals surface area contributed by atoms with Gasteiger partial charge in [-0.05, 0) is 31.2 Å². The predicted molar refractivity (Wildman–Crippen MR) is 91.1 cm³/mol. The van der Waals surface area contributed by atoms with Gasteiger partial charge in [-0.25, -0.2) is 13.1 Å². The van der Waals surface area contributed by atoms with Gasteiger partial charge in [-0.1, -0.05) is 57.5 Å². The number of hydrogen-bond donors (Lipinski definition) is 1. The molecule has 2 rings (SSSR count). The summed E-state index contributed by atoms with van der Waals surface area (Å²) in [7, 11) is -0.110. The van der Waals surface area contributed by atoms with Crippen LogP contribution >= 0.6 is 21.6 Å². The fourth-order valence-corrected chi connectivity index (χ4v) is 4.68. The monoisotopic (exact) mass is 339 g/mol. The molecule has 0 fully saturated rings. The van der Waals surface area contributed by atoms with Crippen molar-refractivity contribution in [3.05, 3.63) is 60.2 Å². The number of aryl methyl sites for hydroxylation is 1. The van der Waals surface area contributed by atoms with E-state index in [0.29, 0.717) is 17.2 Å². The second-order valence-corrected chi connectivity index (χ2v) is 8.69. The van der Waals surface area contributed by atoms with E-state index < -0.39 is 10.0 Å². The van der Waals surface area contributed by atoms with Crippen LogP contribution in [-0.4, -0.2) is 20.7 Å². The van der Waals surface area contributed by atoms with Gasteiger partial charge in [0.15, 0.2) is 0 Å². The number of rotatable bonds is 7. The van der Waals surface area contributed by atoms with Crippen molar-refractivity contribution in [3.8, 4) is 0 Å². The van der Waals surface area contributed by atoms with Crippen LogP contribution in [0.2, 0.25) is 0 Å². The molecule has 0 heterocycles. The molecular weight excluding hydrogens is 322 g/mol. The summed E-state index contributed by atoms with van der Waals surface area (Å²) in [5.74, 6) is 0.713. The van der Waals surface area contributed by atoms with E-state index in [1.807, 2.05) is 37.3 Å². The summed E-state index contributed by atoms with van der Waals surface area (Å²) in [5.41, 5.74) is 1.05. The zero-order valence-electron chi connectivity index (χ0n) is 11.7. The van der Waals surface area contributed by atoms with E-state index in [9.17, 15) is 8.42 Å². The van der Waals surface area contributed by atoms with Crippen molar-refractivity contribution in [1.29, 1.82) is 0 Å². The van der Waals surface area contributed by atoms with Gasteiger partial charge in [0.1, 0.15) is 0 Å². The Balaban J connectivity index is 1.76. The maximum absolute atomic E-state index is 12.0. The van der Waals surface area contributed by atoms with Gasteiger partial charge in [0.25, 0.3) is 0 Å². The number of sulfonamides is 1. The number of nitrogens with one attached hydrogen (secondary N) is 1. The van der Waals surface area contributed by atoms with E-state index in [-0.39, 0.29) is 0 Å². The van der Waals surface area contributed by atoms with E-state index in [1.54, 1.807) is 45.9 Å². The number of benzene rings is 2. The van der Waals surface area contributed by atoms with Crippen LogP contribution in [0.1, 0.15) is 5.56 Å². The zero-order valence-corrected chi connectivity index (χ0v) is 14.1. The van der Waals surface area contributed by atoms with Gasteiger partial charge in [0, 0.05) is 17.2 Å². The predicted octanol–water partition coefficient (Wildman–Crippen LogP) is 3.71. The summed E-state index contributed by atoms with van der Waals surface area (Å²) in [6.45, 7) is 2.35. The lowest BCUT2D eigenvalue weighted by Gasteiger charge is -2.06. The molecule has 0 amide bonds. The van der Waals surface area contributed by atoms with Gasteiger partial charge in [-0.3, -0.25) is 0 Å². The Labute approximate surface area is 134 Å². The molecule has 0 aliphatic carbocycles. The van der Waals surface area contributed by atoms with Crippen molar-refractivity contribution in [2.24, 2.45) is 0 Å². The van der Waals surface area contributed by atoms with Crippen LogP contribution in [0.15, 0.2) is 64.4 Å². The average Bonchev–Trinajstić information content (AvgIpc) is 2.48. The Bertz CT molecular complexity index is 655. The molecule has 2 aromatic rings. The van der Waals surface area contributed by atoms with Crippen molar-refractivity contribution < 1.29 is 8.42 Å². The molecule has 21 heavy (non-hydrogen) atoms. The molecule has 0 spiro atoms. The largest absolute Gasteiger partial charge is 0.240 e. The first kappa shape index (κ1) is 16.4. The average molecular weight is 340 g/mol. The van der Waals surface area contributed by atoms with Crippen LogP contribution in [0.5, 0.6) is 0 Å². The van der Waals surface area contributed by atoms with E-state index in [2.05, 4.69) is 4.72 Å². The molecule has 0 aliphatic rings. The van der Waals surface area contributed by atoms with Gasteiger partial charge in [-0.2, -0.15) is 0 Å². The maximum atomic E-state index is 12.0. The highest BCUT2D eigenvalue weighted by atomic mass is 33.1. The SMILES string of the molecule is Cc1ccc(S(=O)(=O)NCCSSc2ccccc2)cc1. The molecule has 1 N–H and O–H groups in total. The first-order valence-electron chi connectivity index (χ1n) is 6.49. The highest BCUT2D eigenvalue weighted by Gasteiger charge is 2.12. The second kappa shape index (κ2) is 7.89. The van der Waals surface area contributed by atoms with Crippen LogP contribution in [0, 0.1) is 6.92 Å². The minimum atomic E-state index is -3.39. The summed E-state index contributed by atoms with van der Waals surface area (Å²) in [5, 5.41) is 0. The standard InChI is InChI=1S/C15H17NO2S3/c1-13-7-9-15(10-8-13)21(17,18)16-11-12-19-20-14-5-3-2-4-6-14/h2-10,16H,11-12H2,1H3. The van der Waals surface area contributed by atoms with Crippen LogP contribution in [0.25, 0.3) is 0 Å². The normalized spacial score (nSPS) is 11.5. The first-order valence-corrected chi connectivity index (χ1v) is 10.3. The molecule has 2 aromatic carbocycles. The molecule has 112 valence electrons. The molecule has 0 saturated carbocycles. The smallest absolute Gasteiger partial charge is 0.210 e. The molecule has 6 heteroatoms. The molecule has 3 nitrogen and oxygen atoms in total. The number of hydrogen-bond acceptors (Lipinski definition) is 4. The van der Waals surface area contributed by atoms with Gasteiger partial charge >= 0.3 is 0 Å². The summed E-state index contributed by atoms with van der Waals surface area (Å²) >= 11 is 0. The highest BCUT2D eigenvalue weighted by molar-refractivity contribution is 8.76. The van der Waals surface area contributed by atoms with Crippen molar-refractivity contribution >= 4 is 31.6 Å². The highest BCUT2D eigenvalue weighted by Crippen LogP contribution is 2.29. The molecule has 0 aromatic heterocycles. The molecule has 0 bridgehead atoms. The quantitative estimate of drug-likeness (QED) is 0.617. The Morgan fingerprint density at radius 2 is 1.67 bits per heavy atom. The fraction of sp³-hybridized carbons (Fsp3) is 0.200. The summed E-state index contributed by atoms with van der Waals surface area (Å²) in [6, 6.07) is 16.9. The third-order valence-corrected chi connectivity index (χ3v) is 6.57. The molecule has 0 radical (unpaired) electrons. The van der Waals surface area contributed by atoms with Crippen molar-refractivity contribution in [3.63, 3.8) is 0 Å². The summed E-state index contributed by atoms with van der Waals surface area (Å²) in [6.07, 6.45) is 0. The molecule has 0 atom stereocenters.